The second-order valence-electron chi connectivity index (χ2n) is 4.69. The Kier molecular flexibility index (Phi) is 4.06. The summed E-state index contributed by atoms with van der Waals surface area (Å²) in [4.78, 5) is 11.2. The maximum atomic E-state index is 12.4. The van der Waals surface area contributed by atoms with Gasteiger partial charge in [-0.2, -0.15) is 9.57 Å². The molecule has 0 radical (unpaired) electrons. The van der Waals surface area contributed by atoms with Crippen molar-refractivity contribution in [2.24, 2.45) is 0 Å². The van der Waals surface area contributed by atoms with Gasteiger partial charge in [-0.15, -0.1) is 0 Å². The number of rotatable bonds is 3. The Morgan fingerprint density at radius 1 is 1.40 bits per heavy atom. The average Bonchev–Trinajstić information content (AvgIpc) is 2.87. The van der Waals surface area contributed by atoms with E-state index in [9.17, 15) is 13.2 Å². The minimum Gasteiger partial charge on any atom is -0.352 e. The van der Waals surface area contributed by atoms with Crippen molar-refractivity contribution in [2.75, 3.05) is 13.1 Å². The van der Waals surface area contributed by atoms with E-state index in [1.165, 1.54) is 35.5 Å². The van der Waals surface area contributed by atoms with Gasteiger partial charge < -0.3 is 5.32 Å². The third kappa shape index (κ3) is 2.98. The van der Waals surface area contributed by atoms with E-state index >= 15 is 0 Å². The number of hydrogen-bond acceptors (Lipinski definition) is 4. The van der Waals surface area contributed by atoms with E-state index in [4.69, 9.17) is 5.26 Å². The van der Waals surface area contributed by atoms with E-state index in [1.54, 1.807) is 0 Å². The molecule has 2 rings (SSSR count). The summed E-state index contributed by atoms with van der Waals surface area (Å²) in [7, 11) is -3.56. The molecule has 1 aromatic rings. The molecule has 0 aromatic heterocycles. The summed E-state index contributed by atoms with van der Waals surface area (Å²) in [6, 6.07) is 7.63. The van der Waals surface area contributed by atoms with E-state index in [1.807, 2.05) is 6.07 Å². The number of carbonyl (C=O) groups is 1. The second kappa shape index (κ2) is 5.61. The largest absolute Gasteiger partial charge is 0.352 e. The number of carbonyl (C=O) groups excluding carboxylic acids is 1. The van der Waals surface area contributed by atoms with E-state index in [-0.39, 0.29) is 23.4 Å². The summed E-state index contributed by atoms with van der Waals surface area (Å²) >= 11 is 0. The zero-order chi connectivity index (χ0) is 14.8. The summed E-state index contributed by atoms with van der Waals surface area (Å²) in [6.45, 7) is 2.08. The fourth-order valence-corrected chi connectivity index (χ4v) is 3.70. The van der Waals surface area contributed by atoms with Gasteiger partial charge in [0.25, 0.3) is 0 Å². The van der Waals surface area contributed by atoms with Crippen LogP contribution in [0.3, 0.4) is 0 Å². The molecule has 20 heavy (non-hydrogen) atoms. The number of amides is 1. The molecule has 1 amide bonds. The van der Waals surface area contributed by atoms with Gasteiger partial charge >= 0.3 is 0 Å². The number of nitriles is 1. The first-order valence-electron chi connectivity index (χ1n) is 6.21. The van der Waals surface area contributed by atoms with E-state index < -0.39 is 10.0 Å². The maximum Gasteiger partial charge on any atom is 0.243 e. The number of hydrogen-bond donors (Lipinski definition) is 1. The van der Waals surface area contributed by atoms with Crippen LogP contribution in [0.5, 0.6) is 0 Å². The first kappa shape index (κ1) is 14.5. The second-order valence-corrected chi connectivity index (χ2v) is 6.62. The summed E-state index contributed by atoms with van der Waals surface area (Å²) in [6.07, 6.45) is 0.606. The Hall–Kier alpha value is -1.91. The van der Waals surface area contributed by atoms with Gasteiger partial charge in [-0.3, -0.25) is 4.79 Å². The van der Waals surface area contributed by atoms with Crippen molar-refractivity contribution in [3.05, 3.63) is 29.8 Å². The normalized spacial score (nSPS) is 19.5. The summed E-state index contributed by atoms with van der Waals surface area (Å²) in [5.74, 6) is -0.160. The molecule has 106 valence electrons. The molecular weight excluding hydrogens is 278 g/mol. The van der Waals surface area contributed by atoms with Crippen LogP contribution in [0, 0.1) is 11.3 Å². The van der Waals surface area contributed by atoms with Gasteiger partial charge in [0.15, 0.2) is 0 Å². The molecule has 0 bridgehead atoms. The van der Waals surface area contributed by atoms with Crippen LogP contribution in [-0.4, -0.2) is 37.8 Å². The molecule has 0 aliphatic carbocycles. The number of benzene rings is 1. The third-order valence-corrected chi connectivity index (χ3v) is 5.06. The highest BCUT2D eigenvalue weighted by atomic mass is 32.2. The molecule has 1 saturated heterocycles. The van der Waals surface area contributed by atoms with Gasteiger partial charge in [0.2, 0.25) is 15.9 Å². The van der Waals surface area contributed by atoms with Crippen molar-refractivity contribution in [3.8, 4) is 6.07 Å². The third-order valence-electron chi connectivity index (χ3n) is 3.18. The molecule has 1 N–H and O–H groups in total. The van der Waals surface area contributed by atoms with Crippen LogP contribution in [0.1, 0.15) is 18.9 Å². The zero-order valence-corrected chi connectivity index (χ0v) is 11.9. The molecule has 0 saturated carbocycles. The van der Waals surface area contributed by atoms with Crippen molar-refractivity contribution in [2.45, 2.75) is 24.3 Å². The van der Waals surface area contributed by atoms with Crippen LogP contribution < -0.4 is 5.32 Å². The van der Waals surface area contributed by atoms with Crippen LogP contribution in [0.25, 0.3) is 0 Å². The van der Waals surface area contributed by atoms with E-state index in [0.717, 1.165) is 0 Å². The lowest BCUT2D eigenvalue weighted by Crippen LogP contribution is -2.37. The Morgan fingerprint density at radius 2 is 2.05 bits per heavy atom. The number of sulfonamides is 1. The van der Waals surface area contributed by atoms with E-state index in [0.29, 0.717) is 18.5 Å². The van der Waals surface area contributed by atoms with E-state index in [2.05, 4.69) is 5.32 Å². The fraction of sp³-hybridized carbons (Fsp3) is 0.385. The monoisotopic (exact) mass is 293 g/mol. The Labute approximate surface area is 118 Å². The van der Waals surface area contributed by atoms with Crippen LogP contribution >= 0.6 is 0 Å². The van der Waals surface area contributed by atoms with Crippen molar-refractivity contribution < 1.29 is 13.2 Å². The first-order valence-corrected chi connectivity index (χ1v) is 7.65. The molecule has 1 unspecified atom stereocenters. The van der Waals surface area contributed by atoms with Gasteiger partial charge in [-0.05, 0) is 30.7 Å². The predicted molar refractivity (Wildman–Crippen MR) is 72.1 cm³/mol. The van der Waals surface area contributed by atoms with Crippen molar-refractivity contribution >= 4 is 15.9 Å². The summed E-state index contributed by atoms with van der Waals surface area (Å²) < 4.78 is 26.1. The Bertz CT molecular complexity index is 646. The molecular formula is C13H15N3O3S. The average molecular weight is 293 g/mol. The molecule has 7 heteroatoms. The standard InChI is InChI=1S/C13H15N3O3S/c1-10(17)15-12-6-7-16(9-12)20(18,19)13-4-2-11(8-14)3-5-13/h2-5,12H,6-7,9H2,1H3,(H,15,17). The highest BCUT2D eigenvalue weighted by Gasteiger charge is 2.32. The minimum atomic E-state index is -3.56. The molecule has 1 aromatic carbocycles. The summed E-state index contributed by atoms with van der Waals surface area (Å²) in [5, 5.41) is 11.4. The van der Waals surface area contributed by atoms with Gasteiger partial charge in [0, 0.05) is 26.1 Å². The lowest BCUT2D eigenvalue weighted by Gasteiger charge is -2.16. The molecule has 1 atom stereocenters. The SMILES string of the molecule is CC(=O)NC1CCN(S(=O)(=O)c2ccc(C#N)cc2)C1. The summed E-state index contributed by atoms with van der Waals surface area (Å²) in [5.41, 5.74) is 0.418. The highest BCUT2D eigenvalue weighted by molar-refractivity contribution is 7.89. The lowest BCUT2D eigenvalue weighted by atomic mass is 10.2. The number of nitrogens with zero attached hydrogens (tertiary/aromatic N) is 2. The predicted octanol–water partition coefficient (Wildman–Crippen LogP) is 0.457. The quantitative estimate of drug-likeness (QED) is 0.876. The molecule has 1 aliphatic heterocycles. The van der Waals surface area contributed by atoms with Crippen LogP contribution in [-0.2, 0) is 14.8 Å². The molecule has 6 nitrogen and oxygen atoms in total. The Morgan fingerprint density at radius 3 is 2.60 bits per heavy atom. The van der Waals surface area contributed by atoms with Gasteiger partial charge in [0.05, 0.1) is 16.5 Å². The van der Waals surface area contributed by atoms with Crippen molar-refractivity contribution in [1.82, 2.24) is 9.62 Å². The zero-order valence-electron chi connectivity index (χ0n) is 11.0. The lowest BCUT2D eigenvalue weighted by molar-refractivity contribution is -0.119. The fourth-order valence-electron chi connectivity index (χ4n) is 2.20. The highest BCUT2D eigenvalue weighted by Crippen LogP contribution is 2.21. The van der Waals surface area contributed by atoms with Crippen LogP contribution in [0.4, 0.5) is 0 Å². The Balaban J connectivity index is 2.15. The topological polar surface area (TPSA) is 90.3 Å². The van der Waals surface area contributed by atoms with Crippen molar-refractivity contribution in [1.29, 1.82) is 5.26 Å². The number of nitrogens with one attached hydrogen (secondary N) is 1. The molecule has 1 heterocycles. The van der Waals surface area contributed by atoms with Crippen LogP contribution in [0.2, 0.25) is 0 Å². The first-order chi connectivity index (χ1) is 9.43. The maximum absolute atomic E-state index is 12.4. The molecule has 1 fully saturated rings. The van der Waals surface area contributed by atoms with Gasteiger partial charge in [-0.25, -0.2) is 8.42 Å². The smallest absolute Gasteiger partial charge is 0.243 e. The van der Waals surface area contributed by atoms with Gasteiger partial charge in [-0.1, -0.05) is 0 Å². The molecule has 1 aliphatic rings. The van der Waals surface area contributed by atoms with Crippen molar-refractivity contribution in [3.63, 3.8) is 0 Å². The molecule has 0 spiro atoms. The minimum absolute atomic E-state index is 0.138. The van der Waals surface area contributed by atoms with Crippen LogP contribution in [0.15, 0.2) is 29.2 Å². The van der Waals surface area contributed by atoms with Gasteiger partial charge in [0.1, 0.15) is 0 Å².